The molecule has 15 heteroatoms. The van der Waals surface area contributed by atoms with Gasteiger partial charge in [-0.2, -0.15) is 9.78 Å². The van der Waals surface area contributed by atoms with Gasteiger partial charge in [-0.05, 0) is 60.9 Å². The van der Waals surface area contributed by atoms with Crippen LogP contribution < -0.4 is 20.6 Å². The third-order valence-corrected chi connectivity index (χ3v) is 6.77. The fraction of sp³-hybridized carbons (Fsp3) is 0.296. The molecule has 1 aliphatic rings. The van der Waals surface area contributed by atoms with Gasteiger partial charge in [0.05, 0.1) is 24.6 Å². The van der Waals surface area contributed by atoms with Gasteiger partial charge in [0.1, 0.15) is 0 Å². The monoisotopic (exact) mass is 595 g/mol. The number of benzene rings is 2. The van der Waals surface area contributed by atoms with Crippen LogP contribution >= 0.6 is 12.4 Å². The minimum absolute atomic E-state index is 0. The number of carbonyl (C=O) groups excluding carboxylic acids is 2. The van der Waals surface area contributed by atoms with Crippen LogP contribution in [0.4, 0.5) is 5.82 Å². The van der Waals surface area contributed by atoms with E-state index < -0.39 is 11.9 Å². The van der Waals surface area contributed by atoms with Crippen LogP contribution in [0.15, 0.2) is 58.3 Å². The fourth-order valence-corrected chi connectivity index (χ4v) is 4.56. The Kier molecular flexibility index (Phi) is 9.83. The average Bonchev–Trinajstić information content (AvgIpc) is 3.60. The highest BCUT2D eigenvalue weighted by molar-refractivity contribution is 5.96. The van der Waals surface area contributed by atoms with E-state index >= 15 is 0 Å². The molecule has 3 heterocycles. The van der Waals surface area contributed by atoms with Gasteiger partial charge in [-0.15, -0.1) is 17.5 Å². The van der Waals surface area contributed by atoms with Crippen molar-refractivity contribution in [3.8, 4) is 17.3 Å². The third-order valence-electron chi connectivity index (χ3n) is 6.77. The molecule has 1 atom stereocenters. The number of amides is 1. The number of nitrogen functional groups attached to an aromatic ring is 1. The first-order valence-electron chi connectivity index (χ1n) is 13.0. The number of nitrogens with one attached hydrogen (secondary N) is 1. The Bertz CT molecular complexity index is 1560. The number of hydrogen-bond acceptors (Lipinski definition) is 12. The van der Waals surface area contributed by atoms with Crippen molar-refractivity contribution in [3.63, 3.8) is 0 Å². The number of nitrogens with zero attached hydrogens (tertiary/aromatic N) is 7. The number of esters is 1. The summed E-state index contributed by atoms with van der Waals surface area (Å²) in [6.07, 6.45) is 4.58. The van der Waals surface area contributed by atoms with Gasteiger partial charge in [-0.3, -0.25) is 9.69 Å². The zero-order chi connectivity index (χ0) is 28.8. The van der Waals surface area contributed by atoms with Gasteiger partial charge in [-0.1, -0.05) is 35.9 Å². The zero-order valence-electron chi connectivity index (χ0n) is 23.0. The van der Waals surface area contributed by atoms with E-state index in [0.29, 0.717) is 35.2 Å². The van der Waals surface area contributed by atoms with Crippen LogP contribution in [-0.2, 0) is 6.54 Å². The Morgan fingerprint density at radius 2 is 1.98 bits per heavy atom. The molecule has 3 N–H and O–H groups in total. The Morgan fingerprint density at radius 3 is 2.69 bits per heavy atom. The van der Waals surface area contributed by atoms with Crippen LogP contribution in [0.5, 0.6) is 11.5 Å². The highest BCUT2D eigenvalue weighted by Gasteiger charge is 2.28. The summed E-state index contributed by atoms with van der Waals surface area (Å²) in [5.41, 5.74) is 9.67. The number of hydrogen-bond donors (Lipinski definition) is 2. The summed E-state index contributed by atoms with van der Waals surface area (Å²) in [6, 6.07) is 13.9. The topological polar surface area (TPSA) is 176 Å². The summed E-state index contributed by atoms with van der Waals surface area (Å²) in [7, 11) is 1.46. The van der Waals surface area contributed by atoms with Gasteiger partial charge < -0.3 is 15.2 Å². The lowest BCUT2D eigenvalue weighted by Crippen LogP contribution is -2.38. The second kappa shape index (κ2) is 13.7. The Labute approximate surface area is 247 Å². The molecule has 1 unspecified atom stereocenters. The largest absolute Gasteiger partial charge is 0.493 e. The number of halogens is 1. The second-order valence-electron chi connectivity index (χ2n) is 9.42. The maximum absolute atomic E-state index is 13.3. The molecule has 0 radical (unpaired) electrons. The number of carbonyl (C=O) groups is 2. The van der Waals surface area contributed by atoms with E-state index in [-0.39, 0.29) is 35.5 Å². The van der Waals surface area contributed by atoms with Crippen LogP contribution in [0, 0.1) is 0 Å². The van der Waals surface area contributed by atoms with Gasteiger partial charge in [0.25, 0.3) is 5.91 Å². The summed E-state index contributed by atoms with van der Waals surface area (Å²) < 4.78 is 17.1. The van der Waals surface area contributed by atoms with Crippen LogP contribution in [0.3, 0.4) is 0 Å². The van der Waals surface area contributed by atoms with Crippen molar-refractivity contribution in [2.75, 3.05) is 19.4 Å². The molecule has 0 saturated carbocycles. The van der Waals surface area contributed by atoms with Crippen LogP contribution in [0.2, 0.25) is 0 Å². The van der Waals surface area contributed by atoms with Gasteiger partial charge in [0.2, 0.25) is 11.6 Å². The minimum Gasteiger partial charge on any atom is -0.493 e. The first kappa shape index (κ1) is 30.1. The number of likely N-dealkylation sites (tertiary alicyclic amines) is 1. The summed E-state index contributed by atoms with van der Waals surface area (Å²) >= 11 is 0. The summed E-state index contributed by atoms with van der Waals surface area (Å²) in [5.74, 6) is -0.535. The smallest absolute Gasteiger partial charge is 0.343 e. The molecule has 220 valence electrons. The number of para-hydroxylation sites is 1. The van der Waals surface area contributed by atoms with E-state index in [2.05, 4.69) is 43.0 Å². The van der Waals surface area contributed by atoms with E-state index in [1.807, 2.05) is 0 Å². The predicted molar refractivity (Wildman–Crippen MR) is 154 cm³/mol. The molecule has 1 saturated heterocycles. The first-order chi connectivity index (χ1) is 20.0. The molecular weight excluding hydrogens is 566 g/mol. The number of hydrazone groups is 1. The fourth-order valence-electron chi connectivity index (χ4n) is 4.56. The minimum atomic E-state index is -0.604. The molecular formula is C27H30ClN9O5. The predicted octanol–water partition coefficient (Wildman–Crippen LogP) is 3.02. The molecule has 42 heavy (non-hydrogen) atoms. The molecule has 1 fully saturated rings. The molecule has 1 amide bonds. The highest BCUT2D eigenvalue weighted by atomic mass is 35.5. The first-order valence-corrected chi connectivity index (χ1v) is 13.0. The van der Waals surface area contributed by atoms with E-state index in [1.165, 1.54) is 18.0 Å². The molecule has 0 bridgehead atoms. The molecule has 1 aliphatic heterocycles. The number of anilines is 1. The summed E-state index contributed by atoms with van der Waals surface area (Å²) in [6.45, 7) is 3.38. The van der Waals surface area contributed by atoms with Gasteiger partial charge in [0, 0.05) is 18.2 Å². The van der Waals surface area contributed by atoms with E-state index in [9.17, 15) is 9.59 Å². The Balaban J connectivity index is 0.00000405. The number of aromatic nitrogens is 5. The third kappa shape index (κ3) is 6.56. The van der Waals surface area contributed by atoms with Crippen molar-refractivity contribution >= 4 is 36.3 Å². The van der Waals surface area contributed by atoms with Gasteiger partial charge in [-0.25, -0.2) is 14.8 Å². The quantitative estimate of drug-likeness (QED) is 0.126. The normalized spacial score (nSPS) is 15.2. The van der Waals surface area contributed by atoms with Crippen molar-refractivity contribution < 1.29 is 23.7 Å². The number of rotatable bonds is 9. The van der Waals surface area contributed by atoms with Gasteiger partial charge >= 0.3 is 5.97 Å². The van der Waals surface area contributed by atoms with Crippen molar-refractivity contribution in [2.24, 2.45) is 5.10 Å². The van der Waals surface area contributed by atoms with Crippen molar-refractivity contribution in [1.82, 2.24) is 35.6 Å². The second-order valence-corrected chi connectivity index (χ2v) is 9.42. The molecule has 2 aromatic carbocycles. The lowest BCUT2D eigenvalue weighted by atomic mass is 10.0. The van der Waals surface area contributed by atoms with Crippen LogP contribution in [0.25, 0.3) is 5.82 Å². The SMILES string of the molecule is COc1cccc(/C=N\NC(=O)c2nnn(-c3nonc3N)c2CN2CCCCC2C)c1OC(=O)c1ccccc1.Cl. The Hall–Kier alpha value is -4.82. The van der Waals surface area contributed by atoms with Gasteiger partial charge in [0.15, 0.2) is 17.2 Å². The zero-order valence-corrected chi connectivity index (χ0v) is 23.8. The highest BCUT2D eigenvalue weighted by Crippen LogP contribution is 2.31. The maximum Gasteiger partial charge on any atom is 0.343 e. The van der Waals surface area contributed by atoms with Crippen molar-refractivity contribution in [2.45, 2.75) is 38.8 Å². The van der Waals surface area contributed by atoms with Crippen molar-refractivity contribution in [1.29, 1.82) is 0 Å². The van der Waals surface area contributed by atoms with E-state index in [4.69, 9.17) is 19.8 Å². The molecule has 0 aliphatic carbocycles. The standard InChI is InChI=1S/C27H29N9O5.ClH/c1-17-9-6-7-14-35(17)16-20-22(30-34-36(20)25-24(28)32-41-33-25)26(37)31-29-15-19-12-8-13-21(39-2)23(19)40-27(38)18-10-4-3-5-11-18;/h3-5,8,10-13,15,17H,6-7,9,14,16H2,1-2H3,(H2,28,32)(H,31,37);1H/b29-15-;. The molecule has 5 rings (SSSR count). The number of piperidine rings is 1. The Morgan fingerprint density at radius 1 is 1.17 bits per heavy atom. The molecule has 0 spiro atoms. The van der Waals surface area contributed by atoms with Crippen molar-refractivity contribution in [3.05, 3.63) is 71.0 Å². The van der Waals surface area contributed by atoms with Crippen LogP contribution in [-0.4, -0.2) is 68.0 Å². The average molecular weight is 596 g/mol. The summed E-state index contributed by atoms with van der Waals surface area (Å²) in [4.78, 5) is 28.2. The molecule has 2 aromatic heterocycles. The molecule has 4 aromatic rings. The summed E-state index contributed by atoms with van der Waals surface area (Å²) in [5, 5.41) is 19.7. The number of methoxy groups -OCH3 is 1. The lowest BCUT2D eigenvalue weighted by Gasteiger charge is -2.33. The number of nitrogens with two attached hydrogens (primary N) is 1. The van der Waals surface area contributed by atoms with Crippen LogP contribution in [0.1, 0.15) is 58.3 Å². The van der Waals surface area contributed by atoms with E-state index in [0.717, 1.165) is 25.8 Å². The molecule has 14 nitrogen and oxygen atoms in total. The van der Waals surface area contributed by atoms with E-state index in [1.54, 1.807) is 48.5 Å². The lowest BCUT2D eigenvalue weighted by molar-refractivity contribution is 0.0729. The maximum atomic E-state index is 13.3. The number of ether oxygens (including phenoxy) is 2.